The van der Waals surface area contributed by atoms with Gasteiger partial charge in [0.1, 0.15) is 0 Å². The summed E-state index contributed by atoms with van der Waals surface area (Å²) in [6, 6.07) is 0. The van der Waals surface area contributed by atoms with Crippen molar-refractivity contribution < 1.29 is 4.79 Å². The fourth-order valence-electron chi connectivity index (χ4n) is 3.16. The molecular weight excluding hydrogens is 246 g/mol. The van der Waals surface area contributed by atoms with Gasteiger partial charge in [0.05, 0.1) is 6.54 Å². The number of likely N-dealkylation sites (N-methyl/N-ethyl adjacent to an activating group) is 1. The van der Waals surface area contributed by atoms with Crippen molar-refractivity contribution in [2.75, 3.05) is 44.7 Å². The molecule has 4 nitrogen and oxygen atoms in total. The molecule has 0 spiro atoms. The van der Waals surface area contributed by atoms with E-state index in [4.69, 9.17) is 0 Å². The molecule has 0 atom stereocenters. The van der Waals surface area contributed by atoms with Crippen LogP contribution in [0.4, 0.5) is 0 Å². The second-order valence-corrected chi connectivity index (χ2v) is 6.56. The highest BCUT2D eigenvalue weighted by Gasteiger charge is 2.39. The third-order valence-corrected chi connectivity index (χ3v) is 5.11. The highest BCUT2D eigenvalue weighted by Crippen LogP contribution is 2.36. The smallest absolute Gasteiger partial charge is 0.234 e. The van der Waals surface area contributed by atoms with Crippen LogP contribution in [-0.4, -0.2) is 61.1 Å². The van der Waals surface area contributed by atoms with E-state index in [0.717, 1.165) is 6.54 Å². The average molecular weight is 271 g/mol. The van der Waals surface area contributed by atoms with Crippen molar-refractivity contribution in [3.8, 4) is 0 Å². The zero-order valence-corrected chi connectivity index (χ0v) is 12.2. The van der Waals surface area contributed by atoms with Crippen molar-refractivity contribution in [3.05, 3.63) is 0 Å². The summed E-state index contributed by atoms with van der Waals surface area (Å²) in [6.45, 7) is 3.63. The van der Waals surface area contributed by atoms with Crippen LogP contribution in [0.5, 0.6) is 0 Å². The van der Waals surface area contributed by atoms with Gasteiger partial charge in [0.2, 0.25) is 5.91 Å². The van der Waals surface area contributed by atoms with Gasteiger partial charge in [-0.1, -0.05) is 12.8 Å². The van der Waals surface area contributed by atoms with E-state index >= 15 is 0 Å². The maximum absolute atomic E-state index is 11.6. The van der Waals surface area contributed by atoms with Gasteiger partial charge in [-0.05, 0) is 19.9 Å². The Morgan fingerprint density at radius 1 is 1.28 bits per heavy atom. The summed E-state index contributed by atoms with van der Waals surface area (Å²) in [6.07, 6.45) is 5.12. The lowest BCUT2D eigenvalue weighted by molar-refractivity contribution is -0.120. The molecule has 0 aromatic rings. The first-order valence-corrected chi connectivity index (χ1v) is 8.16. The van der Waals surface area contributed by atoms with Crippen LogP contribution in [0.1, 0.15) is 25.7 Å². The zero-order chi connectivity index (χ0) is 12.8. The van der Waals surface area contributed by atoms with E-state index in [2.05, 4.69) is 15.5 Å². The van der Waals surface area contributed by atoms with E-state index in [9.17, 15) is 4.79 Å². The molecule has 1 aliphatic heterocycles. The van der Waals surface area contributed by atoms with Crippen LogP contribution < -0.4 is 10.6 Å². The Hall–Kier alpha value is -0.260. The fraction of sp³-hybridized carbons (Fsp3) is 0.923. The van der Waals surface area contributed by atoms with E-state index in [-0.39, 0.29) is 11.4 Å². The van der Waals surface area contributed by atoms with E-state index in [1.807, 2.05) is 18.8 Å². The lowest BCUT2D eigenvalue weighted by atomic mass is 9.94. The van der Waals surface area contributed by atoms with Gasteiger partial charge in [-0.25, -0.2) is 0 Å². The van der Waals surface area contributed by atoms with Gasteiger partial charge in [0.25, 0.3) is 0 Å². The first-order chi connectivity index (χ1) is 8.77. The number of carbonyl (C=O) groups is 1. The Balaban J connectivity index is 1.91. The molecule has 2 rings (SSSR count). The topological polar surface area (TPSA) is 44.4 Å². The lowest BCUT2D eigenvalue weighted by Gasteiger charge is -2.43. The standard InChI is InChI=1S/C13H25N3OS/c1-14-10-12(17)15-11-13(4-2-3-5-13)16-6-8-18-9-7-16/h14H,2-11H2,1H3,(H,15,17). The molecule has 1 saturated heterocycles. The number of hydrogen-bond donors (Lipinski definition) is 2. The minimum atomic E-state index is 0.121. The van der Waals surface area contributed by atoms with Crippen molar-refractivity contribution in [2.45, 2.75) is 31.2 Å². The molecule has 0 aromatic heterocycles. The van der Waals surface area contributed by atoms with Crippen molar-refractivity contribution in [2.24, 2.45) is 0 Å². The minimum absolute atomic E-state index is 0.121. The third kappa shape index (κ3) is 3.39. The molecule has 5 heteroatoms. The Bertz CT molecular complexity index is 273. The first kappa shape index (κ1) is 14.2. The maximum Gasteiger partial charge on any atom is 0.234 e. The highest BCUT2D eigenvalue weighted by molar-refractivity contribution is 7.99. The summed E-state index contributed by atoms with van der Waals surface area (Å²) >= 11 is 2.05. The predicted octanol–water partition coefficient (Wildman–Crippen LogP) is 0.684. The number of hydrogen-bond acceptors (Lipinski definition) is 4. The average Bonchev–Trinajstić information content (AvgIpc) is 2.88. The minimum Gasteiger partial charge on any atom is -0.353 e. The van der Waals surface area contributed by atoms with Crippen molar-refractivity contribution >= 4 is 17.7 Å². The Kier molecular flexibility index (Phi) is 5.33. The fourth-order valence-corrected chi connectivity index (χ4v) is 4.06. The summed E-state index contributed by atoms with van der Waals surface area (Å²) in [5, 5.41) is 6.02. The summed E-state index contributed by atoms with van der Waals surface area (Å²) < 4.78 is 0. The van der Waals surface area contributed by atoms with Gasteiger partial charge < -0.3 is 10.6 Å². The molecule has 2 N–H and O–H groups in total. The molecule has 0 bridgehead atoms. The second kappa shape index (κ2) is 6.78. The number of nitrogens with zero attached hydrogens (tertiary/aromatic N) is 1. The molecule has 2 aliphatic rings. The van der Waals surface area contributed by atoms with Gasteiger partial charge in [-0.15, -0.1) is 0 Å². The monoisotopic (exact) mass is 271 g/mol. The van der Waals surface area contributed by atoms with E-state index in [1.54, 1.807) is 0 Å². The van der Waals surface area contributed by atoms with Gasteiger partial charge >= 0.3 is 0 Å². The molecule has 18 heavy (non-hydrogen) atoms. The molecule has 0 radical (unpaired) electrons. The zero-order valence-electron chi connectivity index (χ0n) is 11.3. The molecule has 1 saturated carbocycles. The summed E-state index contributed by atoms with van der Waals surface area (Å²) in [5.74, 6) is 2.61. The van der Waals surface area contributed by atoms with Crippen molar-refractivity contribution in [1.29, 1.82) is 0 Å². The Morgan fingerprint density at radius 3 is 2.56 bits per heavy atom. The third-order valence-electron chi connectivity index (χ3n) is 4.17. The summed E-state index contributed by atoms with van der Waals surface area (Å²) in [5.41, 5.74) is 0.254. The SMILES string of the molecule is CNCC(=O)NCC1(N2CCSCC2)CCCC1. The van der Waals surface area contributed by atoms with Gasteiger partial charge in [-0.3, -0.25) is 9.69 Å². The lowest BCUT2D eigenvalue weighted by Crippen LogP contribution is -2.57. The molecule has 0 unspecified atom stereocenters. The van der Waals surface area contributed by atoms with E-state index in [1.165, 1.54) is 50.3 Å². The van der Waals surface area contributed by atoms with Crippen LogP contribution >= 0.6 is 11.8 Å². The van der Waals surface area contributed by atoms with Crippen LogP contribution in [0.2, 0.25) is 0 Å². The number of rotatable bonds is 5. The number of amides is 1. The van der Waals surface area contributed by atoms with Crippen LogP contribution in [-0.2, 0) is 4.79 Å². The number of thioether (sulfide) groups is 1. The van der Waals surface area contributed by atoms with Crippen LogP contribution in [0.15, 0.2) is 0 Å². The summed E-state index contributed by atoms with van der Waals surface area (Å²) in [7, 11) is 1.81. The van der Waals surface area contributed by atoms with Crippen molar-refractivity contribution in [3.63, 3.8) is 0 Å². The Morgan fingerprint density at radius 2 is 1.94 bits per heavy atom. The molecule has 104 valence electrons. The van der Waals surface area contributed by atoms with E-state index in [0.29, 0.717) is 6.54 Å². The van der Waals surface area contributed by atoms with E-state index < -0.39 is 0 Å². The highest BCUT2D eigenvalue weighted by atomic mass is 32.2. The normalized spacial score (nSPS) is 24.1. The maximum atomic E-state index is 11.6. The predicted molar refractivity (Wildman–Crippen MR) is 77.0 cm³/mol. The van der Waals surface area contributed by atoms with Crippen LogP contribution in [0, 0.1) is 0 Å². The van der Waals surface area contributed by atoms with Crippen LogP contribution in [0.3, 0.4) is 0 Å². The van der Waals surface area contributed by atoms with Gasteiger partial charge in [0, 0.05) is 36.7 Å². The molecule has 0 aromatic carbocycles. The first-order valence-electron chi connectivity index (χ1n) is 7.01. The quantitative estimate of drug-likeness (QED) is 0.772. The molecule has 1 aliphatic carbocycles. The van der Waals surface area contributed by atoms with Crippen molar-refractivity contribution in [1.82, 2.24) is 15.5 Å². The molecule has 1 heterocycles. The largest absolute Gasteiger partial charge is 0.353 e. The summed E-state index contributed by atoms with van der Waals surface area (Å²) in [4.78, 5) is 14.3. The Labute approximate surface area is 114 Å². The van der Waals surface area contributed by atoms with Gasteiger partial charge in [0.15, 0.2) is 0 Å². The number of carbonyl (C=O) groups excluding carboxylic acids is 1. The van der Waals surface area contributed by atoms with Crippen LogP contribution in [0.25, 0.3) is 0 Å². The second-order valence-electron chi connectivity index (χ2n) is 5.34. The number of nitrogens with one attached hydrogen (secondary N) is 2. The molecule has 1 amide bonds. The van der Waals surface area contributed by atoms with Gasteiger partial charge in [-0.2, -0.15) is 11.8 Å². The molecule has 2 fully saturated rings. The molecular formula is C13H25N3OS.